The van der Waals surface area contributed by atoms with Crippen molar-refractivity contribution in [3.05, 3.63) is 82.3 Å². The van der Waals surface area contributed by atoms with Gasteiger partial charge >= 0.3 is 5.97 Å². The van der Waals surface area contributed by atoms with Crippen molar-refractivity contribution < 1.29 is 24.5 Å². The molecule has 0 bridgehead atoms. The highest BCUT2D eigenvalue weighted by atomic mass is 35.5. The average molecular weight is 602 g/mol. The van der Waals surface area contributed by atoms with Crippen LogP contribution in [0.4, 0.5) is 0 Å². The zero-order valence-electron chi connectivity index (χ0n) is 24.5. The summed E-state index contributed by atoms with van der Waals surface area (Å²) in [7, 11) is 1.88. The van der Waals surface area contributed by atoms with E-state index in [-0.39, 0.29) is 6.61 Å². The number of aliphatic hydroxyl groups is 1. The highest BCUT2D eigenvalue weighted by molar-refractivity contribution is 6.35. The summed E-state index contributed by atoms with van der Waals surface area (Å²) in [6.45, 7) is 3.39. The maximum Gasteiger partial charge on any atom is 0.352 e. The summed E-state index contributed by atoms with van der Waals surface area (Å²) in [6, 6.07) is 17.9. The SMILES string of the molecule is Cc1c2c(nn1C)C(CCO)OCCCCn1c(C(=O)O)c(CCCOc3cccc4ccccc34)c3ccc(Cl)c-2c31. The van der Waals surface area contributed by atoms with Gasteiger partial charge in [0.25, 0.3) is 0 Å². The molecule has 2 aromatic heterocycles. The van der Waals surface area contributed by atoms with Crippen LogP contribution in [0.15, 0.2) is 54.6 Å². The van der Waals surface area contributed by atoms with Gasteiger partial charge in [0.05, 0.1) is 22.8 Å². The molecule has 0 saturated carbocycles. The van der Waals surface area contributed by atoms with Crippen molar-refractivity contribution in [1.29, 1.82) is 0 Å². The summed E-state index contributed by atoms with van der Waals surface area (Å²) in [4.78, 5) is 12.9. The summed E-state index contributed by atoms with van der Waals surface area (Å²) in [5.74, 6) is -0.141. The van der Waals surface area contributed by atoms with Crippen LogP contribution in [0.3, 0.4) is 0 Å². The molecule has 5 aromatic rings. The fraction of sp³-hybridized carbons (Fsp3) is 0.353. The van der Waals surface area contributed by atoms with E-state index >= 15 is 0 Å². The van der Waals surface area contributed by atoms with Gasteiger partial charge < -0.3 is 24.3 Å². The fourth-order valence-electron chi connectivity index (χ4n) is 6.39. The van der Waals surface area contributed by atoms with Crippen molar-refractivity contribution in [3.8, 4) is 16.9 Å². The van der Waals surface area contributed by atoms with Gasteiger partial charge in [0.15, 0.2) is 0 Å². The number of hydrogen-bond donors (Lipinski definition) is 2. The summed E-state index contributed by atoms with van der Waals surface area (Å²) in [6.07, 6.45) is 2.65. The van der Waals surface area contributed by atoms with Gasteiger partial charge in [0, 0.05) is 60.8 Å². The Morgan fingerprint density at radius 1 is 1.09 bits per heavy atom. The summed E-state index contributed by atoms with van der Waals surface area (Å²) in [5.41, 5.74) is 5.07. The first kappa shape index (κ1) is 29.2. The van der Waals surface area contributed by atoms with E-state index in [9.17, 15) is 15.0 Å². The van der Waals surface area contributed by atoms with Crippen LogP contribution in [0, 0.1) is 6.92 Å². The monoisotopic (exact) mass is 601 g/mol. The lowest BCUT2D eigenvalue weighted by atomic mass is 9.96. The lowest BCUT2D eigenvalue weighted by Crippen LogP contribution is -2.12. The Hall–Kier alpha value is -3.85. The molecule has 3 aromatic carbocycles. The number of rotatable bonds is 8. The topological polar surface area (TPSA) is 98.7 Å². The van der Waals surface area contributed by atoms with Crippen LogP contribution in [0.2, 0.25) is 5.02 Å². The predicted octanol–water partition coefficient (Wildman–Crippen LogP) is 7.10. The van der Waals surface area contributed by atoms with Crippen molar-refractivity contribution in [2.24, 2.45) is 7.05 Å². The van der Waals surface area contributed by atoms with Crippen LogP contribution in [0.25, 0.3) is 32.8 Å². The standard InChI is InChI=1S/C34H36ClN3O5/c1-21-29-30-26(35)15-14-25-24(12-8-20-42-27-13-7-10-22-9-3-4-11-23(22)27)33(34(40)41)38(32(25)30)17-5-6-19-43-28(16-18-39)31(29)36-37(21)2/h3-4,7,9-11,13-15,28,39H,5-6,8,12,16-20H2,1-2H3,(H,40,41). The van der Waals surface area contributed by atoms with Crippen molar-refractivity contribution in [3.63, 3.8) is 0 Å². The lowest BCUT2D eigenvalue weighted by molar-refractivity contribution is 0.0296. The van der Waals surface area contributed by atoms with Crippen molar-refractivity contribution in [2.75, 3.05) is 19.8 Å². The molecule has 6 rings (SSSR count). The molecule has 1 atom stereocenters. The largest absolute Gasteiger partial charge is 0.493 e. The molecule has 0 fully saturated rings. The van der Waals surface area contributed by atoms with E-state index in [0.29, 0.717) is 55.4 Å². The molecular formula is C34H36ClN3O5. The second-order valence-corrected chi connectivity index (χ2v) is 11.5. The molecule has 0 radical (unpaired) electrons. The normalized spacial score (nSPS) is 15.4. The van der Waals surface area contributed by atoms with Crippen LogP contribution >= 0.6 is 11.6 Å². The van der Waals surface area contributed by atoms with E-state index in [2.05, 4.69) is 12.1 Å². The number of benzene rings is 3. The van der Waals surface area contributed by atoms with E-state index in [0.717, 1.165) is 62.7 Å². The van der Waals surface area contributed by atoms with Gasteiger partial charge in [-0.05, 0) is 55.7 Å². The lowest BCUT2D eigenvalue weighted by Gasteiger charge is -2.17. The number of aromatic carboxylic acids is 1. The van der Waals surface area contributed by atoms with E-state index in [1.54, 1.807) is 4.68 Å². The van der Waals surface area contributed by atoms with E-state index in [1.165, 1.54) is 0 Å². The number of ether oxygens (including phenoxy) is 2. The zero-order valence-corrected chi connectivity index (χ0v) is 25.2. The van der Waals surface area contributed by atoms with E-state index in [1.807, 2.05) is 61.0 Å². The molecule has 0 saturated heterocycles. The number of aromatic nitrogens is 3. The molecule has 1 aliphatic rings. The fourth-order valence-corrected chi connectivity index (χ4v) is 6.63. The Morgan fingerprint density at radius 2 is 1.91 bits per heavy atom. The predicted molar refractivity (Wildman–Crippen MR) is 168 cm³/mol. The van der Waals surface area contributed by atoms with Crippen LogP contribution in [-0.2, 0) is 24.8 Å². The number of nitrogens with zero attached hydrogens (tertiary/aromatic N) is 3. The Morgan fingerprint density at radius 3 is 2.72 bits per heavy atom. The second-order valence-electron chi connectivity index (χ2n) is 11.1. The third-order valence-corrected chi connectivity index (χ3v) is 8.78. The third-order valence-electron chi connectivity index (χ3n) is 8.46. The van der Waals surface area contributed by atoms with Gasteiger partial charge in [-0.25, -0.2) is 4.79 Å². The van der Waals surface area contributed by atoms with Gasteiger partial charge in [0.1, 0.15) is 17.5 Å². The van der Waals surface area contributed by atoms with Gasteiger partial charge in [-0.15, -0.1) is 0 Å². The maximum atomic E-state index is 12.9. The summed E-state index contributed by atoms with van der Waals surface area (Å²) >= 11 is 6.98. The zero-order chi connectivity index (χ0) is 30.1. The molecule has 9 heteroatoms. The van der Waals surface area contributed by atoms with Gasteiger partial charge in [-0.1, -0.05) is 54.1 Å². The van der Waals surface area contributed by atoms with Crippen LogP contribution in [0.1, 0.15) is 59.2 Å². The highest BCUT2D eigenvalue weighted by Crippen LogP contribution is 2.44. The van der Waals surface area contributed by atoms with Crippen LogP contribution in [0.5, 0.6) is 5.75 Å². The third kappa shape index (κ3) is 5.39. The first-order chi connectivity index (χ1) is 20.9. The molecule has 224 valence electrons. The smallest absolute Gasteiger partial charge is 0.352 e. The summed E-state index contributed by atoms with van der Waals surface area (Å²) < 4.78 is 16.2. The molecule has 2 N–H and O–H groups in total. The molecule has 0 aliphatic carbocycles. The van der Waals surface area contributed by atoms with Crippen molar-refractivity contribution >= 4 is 39.2 Å². The van der Waals surface area contributed by atoms with Crippen molar-refractivity contribution in [1.82, 2.24) is 14.3 Å². The molecule has 1 aliphatic heterocycles. The second kappa shape index (κ2) is 12.4. The average Bonchev–Trinajstić information content (AvgIpc) is 3.46. The summed E-state index contributed by atoms with van der Waals surface area (Å²) in [5, 5.41) is 28.8. The number of halogens is 1. The minimum absolute atomic E-state index is 0.0395. The number of aryl methyl sites for hydroxylation is 3. The molecule has 0 spiro atoms. The number of carboxylic acid groups (broad SMARTS) is 1. The Labute approximate surface area is 255 Å². The molecule has 43 heavy (non-hydrogen) atoms. The first-order valence-corrected chi connectivity index (χ1v) is 15.2. The minimum atomic E-state index is -0.962. The Kier molecular flexibility index (Phi) is 8.43. The number of hydrogen-bond acceptors (Lipinski definition) is 5. The molecular weight excluding hydrogens is 566 g/mol. The van der Waals surface area contributed by atoms with Crippen LogP contribution in [-0.4, -0.2) is 50.4 Å². The Bertz CT molecular complexity index is 1800. The molecule has 1 unspecified atom stereocenters. The highest BCUT2D eigenvalue weighted by Gasteiger charge is 2.31. The number of carboxylic acids is 1. The van der Waals surface area contributed by atoms with E-state index in [4.69, 9.17) is 26.2 Å². The Balaban J connectivity index is 1.45. The number of carbonyl (C=O) groups is 1. The molecule has 3 heterocycles. The van der Waals surface area contributed by atoms with Crippen LogP contribution < -0.4 is 4.74 Å². The minimum Gasteiger partial charge on any atom is -0.493 e. The van der Waals surface area contributed by atoms with E-state index < -0.39 is 12.1 Å². The molecule has 0 amide bonds. The van der Waals surface area contributed by atoms with Gasteiger partial charge in [0.2, 0.25) is 0 Å². The number of aliphatic hydroxyl groups excluding tert-OH is 1. The van der Waals surface area contributed by atoms with Gasteiger partial charge in [-0.3, -0.25) is 4.68 Å². The first-order valence-electron chi connectivity index (χ1n) is 14.8. The van der Waals surface area contributed by atoms with Crippen molar-refractivity contribution in [2.45, 2.75) is 51.7 Å². The number of fused-ring (bicyclic) bond motifs is 3. The maximum absolute atomic E-state index is 12.9. The van der Waals surface area contributed by atoms with Gasteiger partial charge in [-0.2, -0.15) is 5.10 Å². The molecule has 8 nitrogen and oxygen atoms in total. The quantitative estimate of drug-likeness (QED) is 0.184.